The number of pyridine rings is 6. The van der Waals surface area contributed by atoms with E-state index in [4.69, 9.17) is 64.2 Å². The average Bonchev–Trinajstić information content (AvgIpc) is 0.874. The van der Waals surface area contributed by atoms with Gasteiger partial charge in [0, 0.05) is 48.8 Å². The topological polar surface area (TPSA) is 368 Å². The summed E-state index contributed by atoms with van der Waals surface area (Å²) in [6, 6.07) is 30.3. The van der Waals surface area contributed by atoms with Gasteiger partial charge in [0.15, 0.2) is 63.0 Å². The summed E-state index contributed by atoms with van der Waals surface area (Å²) in [6.45, 7) is 40.6. The van der Waals surface area contributed by atoms with Crippen molar-refractivity contribution < 1.29 is 66.9 Å². The summed E-state index contributed by atoms with van der Waals surface area (Å²) in [5.74, 6) is 1.21. The van der Waals surface area contributed by atoms with E-state index in [0.717, 1.165) is 16.4 Å². The number of aromatic nitrogens is 6. The molecule has 0 atom stereocenters. The van der Waals surface area contributed by atoms with Crippen LogP contribution in [-0.2, 0) is 51.0 Å². The maximum absolute atomic E-state index is 11.3. The zero-order valence-corrected chi connectivity index (χ0v) is 64.8. The van der Waals surface area contributed by atoms with Crippen LogP contribution in [0.1, 0.15) is 190 Å². The van der Waals surface area contributed by atoms with Gasteiger partial charge < -0.3 is 47.7 Å². The van der Waals surface area contributed by atoms with Gasteiger partial charge in [0.1, 0.15) is 67.6 Å². The fourth-order valence-electron chi connectivity index (χ4n) is 6.93. The number of aryl methyl sites for hydroxylation is 2. The largest absolute Gasteiger partial charge is 0.505 e. The molecule has 25 nitrogen and oxygen atoms in total. The van der Waals surface area contributed by atoms with Crippen LogP contribution in [0.25, 0.3) is 6.08 Å². The van der Waals surface area contributed by atoms with Gasteiger partial charge in [-0.3, -0.25) is 9.59 Å². The van der Waals surface area contributed by atoms with Crippen molar-refractivity contribution in [3.8, 4) is 64.8 Å². The summed E-state index contributed by atoms with van der Waals surface area (Å²) < 4.78 is 48.2. The van der Waals surface area contributed by atoms with E-state index in [1.54, 1.807) is 101 Å². The van der Waals surface area contributed by atoms with E-state index in [-0.39, 0.29) is 76.0 Å². The molecule has 27 heteroatoms. The summed E-state index contributed by atoms with van der Waals surface area (Å²) in [7, 11) is 0. The Morgan fingerprint density at radius 2 is 0.814 bits per heavy atom. The fourth-order valence-corrected chi connectivity index (χ4v) is 7.57. The molecule has 0 fully saturated rings. The Labute approximate surface area is 616 Å². The molecule has 0 radical (unpaired) electrons. The molecule has 0 amide bonds. The number of ether oxygens (including phenoxy) is 9. The summed E-state index contributed by atoms with van der Waals surface area (Å²) in [4.78, 5) is 67.8. The lowest BCUT2D eigenvalue weighted by Crippen LogP contribution is -2.23. The van der Waals surface area contributed by atoms with Gasteiger partial charge >= 0.3 is 23.9 Å². The highest BCUT2D eigenvalue weighted by molar-refractivity contribution is 9.10. The third-order valence-electron chi connectivity index (χ3n) is 10.6. The predicted molar refractivity (Wildman–Crippen MR) is 390 cm³/mol. The van der Waals surface area contributed by atoms with Crippen molar-refractivity contribution in [3.05, 3.63) is 159 Å². The second-order valence-corrected chi connectivity index (χ2v) is 26.9. The summed E-state index contributed by atoms with van der Waals surface area (Å²) in [5.41, 5.74) is 1.20. The molecular formula is C75H93Br2N11O14. The number of rotatable bonds is 18. The average molecular weight is 1530 g/mol. The zero-order valence-electron chi connectivity index (χ0n) is 61.6. The van der Waals surface area contributed by atoms with Crippen LogP contribution in [0.5, 0.6) is 34.5 Å². The number of nitrogens with zero attached hydrogens (tertiary/aromatic N) is 11. The van der Waals surface area contributed by atoms with Crippen molar-refractivity contribution >= 4 is 61.8 Å². The monoisotopic (exact) mass is 1530 g/mol. The van der Waals surface area contributed by atoms with Gasteiger partial charge in [0.25, 0.3) is 0 Å². The molecule has 546 valence electrons. The van der Waals surface area contributed by atoms with Crippen LogP contribution in [0.15, 0.2) is 113 Å². The van der Waals surface area contributed by atoms with Crippen LogP contribution in [-0.4, -0.2) is 113 Å². The zero-order chi connectivity index (χ0) is 77.9. The van der Waals surface area contributed by atoms with Gasteiger partial charge in [-0.2, -0.15) is 26.3 Å². The van der Waals surface area contributed by atoms with Gasteiger partial charge in [-0.15, -0.1) is 0 Å². The molecule has 6 rings (SSSR count). The predicted octanol–water partition coefficient (Wildman–Crippen LogP) is 15.3. The number of hydrogen-bond acceptors (Lipinski definition) is 25. The Morgan fingerprint density at radius 3 is 1.23 bits per heavy atom. The Kier molecular flexibility index (Phi) is 41.9. The minimum absolute atomic E-state index is 0.0265. The standard InChI is InChI=1S/C15H20N2O3.C15H18N2O3.C11H12N2O3.C10H11BrN2O.C10H12N2O.C9H12BrNO.C5H8O2/c2*1-5-19-14(18)9-7-11-6-8-13(12(10-16)17-11)20-15(2,3)4;1-2-16-11(15)6-4-8-3-5-10(14)9(7-12)13-8;1-10(2,3)14-8-4-5-9(11)13-7(8)6-12;1-10(2,3)13-9-5-4-6-12-8(9)7-11;1-9(2,3)12-7-5-4-6-11-8(7)10;1-3-5(6)7-4-2/h6,8H,5,7,9H2,1-4H3;6-9H,5H2,1-4H3;3,5,14H,2,4,6H2,1H3;4-5H,1-3H3;4-6H,1-3H3;4-6H,1-3H3;3H,1,4H2,2H3/b;9-7+;;;;;. The number of nitriles is 5. The molecule has 6 aromatic heterocycles. The van der Waals surface area contributed by atoms with Crippen molar-refractivity contribution in [2.45, 2.75) is 185 Å². The van der Waals surface area contributed by atoms with Crippen molar-refractivity contribution in [1.82, 2.24) is 29.9 Å². The van der Waals surface area contributed by atoms with E-state index < -0.39 is 11.6 Å². The molecule has 0 aliphatic heterocycles. The number of hydrogen-bond donors (Lipinski definition) is 1. The third-order valence-corrected chi connectivity index (χ3v) is 11.6. The molecule has 0 aliphatic rings. The van der Waals surface area contributed by atoms with Gasteiger partial charge in [-0.25, -0.2) is 39.5 Å². The lowest BCUT2D eigenvalue weighted by atomic mass is 10.1. The van der Waals surface area contributed by atoms with Crippen molar-refractivity contribution in [2.24, 2.45) is 0 Å². The molecule has 0 bridgehead atoms. The molecule has 6 heterocycles. The molecule has 0 aromatic carbocycles. The molecule has 0 unspecified atom stereocenters. The minimum Gasteiger partial charge on any atom is -0.505 e. The van der Waals surface area contributed by atoms with E-state index in [1.165, 1.54) is 18.2 Å². The first-order valence-corrected chi connectivity index (χ1v) is 33.5. The van der Waals surface area contributed by atoms with Gasteiger partial charge in [0.2, 0.25) is 0 Å². The van der Waals surface area contributed by atoms with Crippen LogP contribution in [0, 0.1) is 56.7 Å². The highest BCUT2D eigenvalue weighted by atomic mass is 79.9. The van der Waals surface area contributed by atoms with Gasteiger partial charge in [-0.1, -0.05) is 6.58 Å². The molecule has 6 aromatic rings. The maximum atomic E-state index is 11.3. The van der Waals surface area contributed by atoms with Crippen molar-refractivity contribution in [1.29, 1.82) is 26.3 Å². The Balaban J connectivity index is 0.00000119. The van der Waals surface area contributed by atoms with E-state index in [2.05, 4.69) is 73.1 Å². The number of esters is 4. The molecule has 1 N–H and O–H groups in total. The molecule has 0 saturated carbocycles. The van der Waals surface area contributed by atoms with Gasteiger partial charge in [-0.05, 0) is 242 Å². The van der Waals surface area contributed by atoms with Crippen LogP contribution < -0.4 is 23.7 Å². The van der Waals surface area contributed by atoms with Crippen molar-refractivity contribution in [2.75, 3.05) is 26.4 Å². The smallest absolute Gasteiger partial charge is 0.330 e. The van der Waals surface area contributed by atoms with E-state index in [9.17, 15) is 24.3 Å². The Hall–Kier alpha value is -10.5. The molecule has 0 saturated heterocycles. The Morgan fingerprint density at radius 1 is 0.451 bits per heavy atom. The fraction of sp³-hybridized carbons (Fsp3) is 0.427. The first-order chi connectivity index (χ1) is 47.6. The van der Waals surface area contributed by atoms with Gasteiger partial charge in [0.05, 0.1) is 45.0 Å². The van der Waals surface area contributed by atoms with Crippen LogP contribution in [0.2, 0.25) is 0 Å². The number of carbonyl (C=O) groups is 4. The lowest BCUT2D eigenvalue weighted by Gasteiger charge is -2.21. The first-order valence-electron chi connectivity index (χ1n) is 32.0. The normalized spacial score (nSPS) is 10.5. The number of carbonyl (C=O) groups excluding carboxylic acids is 4. The maximum Gasteiger partial charge on any atom is 0.330 e. The highest BCUT2D eigenvalue weighted by Gasteiger charge is 2.20. The second-order valence-electron chi connectivity index (χ2n) is 25.3. The quantitative estimate of drug-likeness (QED) is 0.0361. The van der Waals surface area contributed by atoms with E-state index in [0.29, 0.717) is 95.3 Å². The summed E-state index contributed by atoms with van der Waals surface area (Å²) in [6.07, 6.45) is 8.53. The van der Waals surface area contributed by atoms with Crippen LogP contribution in [0.3, 0.4) is 0 Å². The van der Waals surface area contributed by atoms with E-state index >= 15 is 0 Å². The second kappa shape index (κ2) is 46.7. The highest BCUT2D eigenvalue weighted by Crippen LogP contribution is 2.28. The lowest BCUT2D eigenvalue weighted by molar-refractivity contribution is -0.144. The minimum atomic E-state index is -0.442. The number of aromatic hydroxyl groups is 1. The molecule has 102 heavy (non-hydrogen) atoms. The third kappa shape index (κ3) is 43.1. The SMILES string of the molecule is C=CC(=O)OCC.CC(C)(C)Oc1ccc(Br)nc1C#N.CC(C)(C)Oc1cccnc1Br.CC(C)(C)Oc1cccnc1C#N.CCOC(=O)/C=C/c1ccc(OC(C)(C)C)c(C#N)n1.CCOC(=O)CCc1ccc(O)c(C#N)n1.CCOC(=O)CCc1ccc(OC(C)(C)C)c(C#N)n1. The molecular weight excluding hydrogens is 1440 g/mol. The van der Waals surface area contributed by atoms with E-state index in [1.807, 2.05) is 140 Å². The summed E-state index contributed by atoms with van der Waals surface area (Å²) >= 11 is 6.51. The molecule has 0 spiro atoms. The Bertz CT molecular complexity index is 3910. The summed E-state index contributed by atoms with van der Waals surface area (Å²) in [5, 5.41) is 53.6. The van der Waals surface area contributed by atoms with Crippen LogP contribution in [0.4, 0.5) is 0 Å². The molecule has 0 aliphatic carbocycles. The first kappa shape index (κ1) is 91.5. The van der Waals surface area contributed by atoms with Crippen molar-refractivity contribution in [3.63, 3.8) is 0 Å². The number of halogens is 2. The van der Waals surface area contributed by atoms with Crippen LogP contribution >= 0.6 is 31.9 Å².